The van der Waals surface area contributed by atoms with E-state index in [1.165, 1.54) is 0 Å². The van der Waals surface area contributed by atoms with E-state index in [4.69, 9.17) is 4.74 Å². The second-order valence-electron chi connectivity index (χ2n) is 5.32. The summed E-state index contributed by atoms with van der Waals surface area (Å²) in [6.07, 6.45) is 1.01. The number of piperidine rings is 1. The van der Waals surface area contributed by atoms with E-state index in [9.17, 15) is 14.4 Å². The van der Waals surface area contributed by atoms with Crippen LogP contribution in [0.2, 0.25) is 0 Å². The molecule has 2 aliphatic heterocycles. The van der Waals surface area contributed by atoms with Gasteiger partial charge < -0.3 is 25.6 Å². The van der Waals surface area contributed by atoms with Crippen LogP contribution in [0.4, 0.5) is 4.79 Å². The molecule has 2 atom stereocenters. The Labute approximate surface area is 123 Å². The number of amides is 4. The van der Waals surface area contributed by atoms with Crippen LogP contribution in [-0.2, 0) is 14.3 Å². The molecule has 21 heavy (non-hydrogen) atoms. The van der Waals surface area contributed by atoms with Crippen LogP contribution in [-0.4, -0.2) is 67.7 Å². The van der Waals surface area contributed by atoms with Gasteiger partial charge in [0.25, 0.3) is 0 Å². The zero-order valence-electron chi connectivity index (χ0n) is 12.2. The SMILES string of the molecule is CC1NC(=O)CCC1NC(=O)NCC(=O)N1CCOCC1. The van der Waals surface area contributed by atoms with Crippen LogP contribution in [0, 0.1) is 0 Å². The summed E-state index contributed by atoms with van der Waals surface area (Å²) in [5, 5.41) is 8.13. The molecule has 0 aromatic carbocycles. The molecule has 2 unspecified atom stereocenters. The lowest BCUT2D eigenvalue weighted by Crippen LogP contribution is -2.56. The fourth-order valence-electron chi connectivity index (χ4n) is 2.46. The molecule has 0 aromatic rings. The van der Waals surface area contributed by atoms with E-state index in [-0.39, 0.29) is 36.5 Å². The van der Waals surface area contributed by atoms with Gasteiger partial charge in [0.15, 0.2) is 0 Å². The Balaban J connectivity index is 1.69. The van der Waals surface area contributed by atoms with Crippen LogP contribution < -0.4 is 16.0 Å². The average molecular weight is 298 g/mol. The lowest BCUT2D eigenvalue weighted by Gasteiger charge is -2.30. The molecular weight excluding hydrogens is 276 g/mol. The molecule has 3 N–H and O–H groups in total. The van der Waals surface area contributed by atoms with E-state index in [0.29, 0.717) is 39.1 Å². The highest BCUT2D eigenvalue weighted by atomic mass is 16.5. The molecule has 2 aliphatic rings. The summed E-state index contributed by atoms with van der Waals surface area (Å²) in [6, 6.07) is -0.599. The van der Waals surface area contributed by atoms with Crippen LogP contribution in [0.1, 0.15) is 19.8 Å². The van der Waals surface area contributed by atoms with Crippen molar-refractivity contribution < 1.29 is 19.1 Å². The molecule has 0 radical (unpaired) electrons. The molecule has 2 rings (SSSR count). The number of nitrogens with one attached hydrogen (secondary N) is 3. The minimum atomic E-state index is -0.385. The van der Waals surface area contributed by atoms with Crippen molar-refractivity contribution in [2.45, 2.75) is 31.8 Å². The first-order valence-electron chi connectivity index (χ1n) is 7.25. The maximum absolute atomic E-state index is 11.9. The number of urea groups is 1. The van der Waals surface area contributed by atoms with Crippen molar-refractivity contribution in [3.63, 3.8) is 0 Å². The number of hydrogen-bond donors (Lipinski definition) is 3. The number of carbonyl (C=O) groups is 3. The van der Waals surface area contributed by atoms with Gasteiger partial charge in [0.1, 0.15) is 0 Å². The van der Waals surface area contributed by atoms with Crippen molar-refractivity contribution >= 4 is 17.8 Å². The van der Waals surface area contributed by atoms with E-state index in [1.807, 2.05) is 6.92 Å². The zero-order valence-corrected chi connectivity index (χ0v) is 12.2. The molecule has 2 heterocycles. The van der Waals surface area contributed by atoms with E-state index >= 15 is 0 Å². The third-order valence-corrected chi connectivity index (χ3v) is 3.76. The fraction of sp³-hybridized carbons (Fsp3) is 0.769. The summed E-state index contributed by atoms with van der Waals surface area (Å²) in [7, 11) is 0. The summed E-state index contributed by atoms with van der Waals surface area (Å²) in [6.45, 7) is 4.02. The summed E-state index contributed by atoms with van der Waals surface area (Å²) in [5.74, 6) is -0.109. The fourth-order valence-corrected chi connectivity index (χ4v) is 2.46. The van der Waals surface area contributed by atoms with Crippen LogP contribution in [0.5, 0.6) is 0 Å². The van der Waals surface area contributed by atoms with Crippen molar-refractivity contribution in [3.05, 3.63) is 0 Å². The third-order valence-electron chi connectivity index (χ3n) is 3.76. The van der Waals surface area contributed by atoms with Gasteiger partial charge in [-0.2, -0.15) is 0 Å². The highest BCUT2D eigenvalue weighted by Crippen LogP contribution is 2.08. The maximum atomic E-state index is 11.9. The van der Waals surface area contributed by atoms with E-state index < -0.39 is 0 Å². The summed E-state index contributed by atoms with van der Waals surface area (Å²) in [4.78, 5) is 36.5. The van der Waals surface area contributed by atoms with Gasteiger partial charge in [-0.25, -0.2) is 4.79 Å². The number of carbonyl (C=O) groups excluding carboxylic acids is 3. The number of morpholine rings is 1. The molecule has 0 aromatic heterocycles. The Morgan fingerprint density at radius 2 is 2.10 bits per heavy atom. The molecule has 0 spiro atoms. The van der Waals surface area contributed by atoms with E-state index in [1.54, 1.807) is 4.90 Å². The first kappa shape index (κ1) is 15.6. The number of ether oxygens (including phenoxy) is 1. The second kappa shape index (κ2) is 7.26. The molecule has 118 valence electrons. The first-order valence-corrected chi connectivity index (χ1v) is 7.25. The van der Waals surface area contributed by atoms with Crippen molar-refractivity contribution in [2.24, 2.45) is 0 Å². The molecule has 0 aliphatic carbocycles. The molecule has 8 heteroatoms. The van der Waals surface area contributed by atoms with Gasteiger partial charge in [0, 0.05) is 25.6 Å². The summed E-state index contributed by atoms with van der Waals surface area (Å²) >= 11 is 0. The Morgan fingerprint density at radius 1 is 1.38 bits per heavy atom. The maximum Gasteiger partial charge on any atom is 0.315 e. The molecule has 2 saturated heterocycles. The monoisotopic (exact) mass is 298 g/mol. The van der Waals surface area contributed by atoms with Crippen molar-refractivity contribution in [3.8, 4) is 0 Å². The van der Waals surface area contributed by atoms with Gasteiger partial charge in [0.2, 0.25) is 11.8 Å². The Kier molecular flexibility index (Phi) is 5.38. The van der Waals surface area contributed by atoms with Crippen LogP contribution in [0.25, 0.3) is 0 Å². The lowest BCUT2D eigenvalue weighted by molar-refractivity contribution is -0.134. The van der Waals surface area contributed by atoms with Crippen molar-refractivity contribution in [2.75, 3.05) is 32.8 Å². The predicted octanol–water partition coefficient (Wildman–Crippen LogP) is -1.19. The number of hydrogen-bond acceptors (Lipinski definition) is 4. The lowest BCUT2D eigenvalue weighted by atomic mass is 10.00. The first-order chi connectivity index (χ1) is 10.1. The van der Waals surface area contributed by atoms with Crippen molar-refractivity contribution in [1.29, 1.82) is 0 Å². The van der Waals surface area contributed by atoms with Gasteiger partial charge in [-0.1, -0.05) is 0 Å². The Hall–Kier alpha value is -1.83. The highest BCUT2D eigenvalue weighted by Gasteiger charge is 2.26. The van der Waals surface area contributed by atoms with Crippen LogP contribution in [0.15, 0.2) is 0 Å². The molecular formula is C13H22N4O4. The highest BCUT2D eigenvalue weighted by molar-refractivity contribution is 5.84. The van der Waals surface area contributed by atoms with Gasteiger partial charge in [-0.15, -0.1) is 0 Å². The molecule has 8 nitrogen and oxygen atoms in total. The predicted molar refractivity (Wildman–Crippen MR) is 74.6 cm³/mol. The van der Waals surface area contributed by atoms with Gasteiger partial charge in [-0.05, 0) is 13.3 Å². The van der Waals surface area contributed by atoms with Crippen molar-refractivity contribution in [1.82, 2.24) is 20.9 Å². The molecule has 2 fully saturated rings. The summed E-state index contributed by atoms with van der Waals surface area (Å²) < 4.78 is 5.17. The topological polar surface area (TPSA) is 99.8 Å². The number of rotatable bonds is 3. The molecule has 0 bridgehead atoms. The molecule has 0 saturated carbocycles. The van der Waals surface area contributed by atoms with Crippen LogP contribution in [0.3, 0.4) is 0 Å². The minimum Gasteiger partial charge on any atom is -0.378 e. The Bertz CT molecular complexity index is 409. The van der Waals surface area contributed by atoms with Gasteiger partial charge in [0.05, 0.1) is 25.8 Å². The zero-order chi connectivity index (χ0) is 15.2. The quantitative estimate of drug-likeness (QED) is 0.610. The largest absolute Gasteiger partial charge is 0.378 e. The standard InChI is InChI=1S/C13H22N4O4/c1-9-10(2-3-11(18)15-9)16-13(20)14-8-12(19)17-4-6-21-7-5-17/h9-10H,2-8H2,1H3,(H,15,18)(H2,14,16,20). The van der Waals surface area contributed by atoms with Gasteiger partial charge >= 0.3 is 6.03 Å². The van der Waals surface area contributed by atoms with Crippen LogP contribution >= 0.6 is 0 Å². The van der Waals surface area contributed by atoms with E-state index in [0.717, 1.165) is 0 Å². The van der Waals surface area contributed by atoms with E-state index in [2.05, 4.69) is 16.0 Å². The molecule has 4 amide bonds. The normalized spacial score (nSPS) is 26.0. The third kappa shape index (κ3) is 4.59. The number of nitrogens with zero attached hydrogens (tertiary/aromatic N) is 1. The smallest absolute Gasteiger partial charge is 0.315 e. The minimum absolute atomic E-state index is 0.00320. The van der Waals surface area contributed by atoms with Gasteiger partial charge in [-0.3, -0.25) is 9.59 Å². The second-order valence-corrected chi connectivity index (χ2v) is 5.32. The summed E-state index contributed by atoms with van der Waals surface area (Å²) in [5.41, 5.74) is 0. The Morgan fingerprint density at radius 3 is 2.76 bits per heavy atom. The average Bonchev–Trinajstić information content (AvgIpc) is 2.48.